The monoisotopic (exact) mass is 440 g/mol. The van der Waals surface area contributed by atoms with Crippen molar-refractivity contribution in [3.8, 4) is 0 Å². The molecule has 1 aromatic heterocycles. The third-order valence-corrected chi connectivity index (χ3v) is 3.00. The number of unbranched alkanes of at least 4 members (excludes halogenated alkanes) is 1. The molecule has 0 fully saturated rings. The molecule has 1 aromatic rings. The Hall–Kier alpha value is -0.940. The molecule has 2 N–H and O–H groups in total. The van der Waals surface area contributed by atoms with Gasteiger partial charge in [-0.15, -0.1) is 34.2 Å². The van der Waals surface area contributed by atoms with Gasteiger partial charge in [0.1, 0.15) is 6.33 Å². The van der Waals surface area contributed by atoms with Crippen LogP contribution in [0.25, 0.3) is 0 Å². The quantitative estimate of drug-likeness (QED) is 0.231. The second-order valence-corrected chi connectivity index (χ2v) is 4.79. The molecular formula is C14H29IN6O2. The van der Waals surface area contributed by atoms with E-state index in [1.54, 1.807) is 13.4 Å². The molecule has 9 heteroatoms. The maximum atomic E-state index is 5.48. The molecule has 0 aliphatic carbocycles. The van der Waals surface area contributed by atoms with Crippen LogP contribution in [-0.2, 0) is 23.1 Å². The minimum atomic E-state index is 0. The van der Waals surface area contributed by atoms with Crippen LogP contribution in [0.4, 0.5) is 0 Å². The summed E-state index contributed by atoms with van der Waals surface area (Å²) in [5.41, 5.74) is 0. The summed E-state index contributed by atoms with van der Waals surface area (Å²) in [6.07, 6.45) is 3.93. The number of hydrogen-bond donors (Lipinski definition) is 2. The molecule has 8 nitrogen and oxygen atoms in total. The van der Waals surface area contributed by atoms with Crippen LogP contribution in [0, 0.1) is 0 Å². The van der Waals surface area contributed by atoms with Gasteiger partial charge < -0.3 is 24.7 Å². The van der Waals surface area contributed by atoms with Gasteiger partial charge in [-0.1, -0.05) is 13.3 Å². The third kappa shape index (κ3) is 10.4. The summed E-state index contributed by atoms with van der Waals surface area (Å²) < 4.78 is 12.8. The van der Waals surface area contributed by atoms with Crippen LogP contribution in [0.1, 0.15) is 25.6 Å². The standard InChI is InChI=1S/C14H28N6O2.HI/c1-4-5-7-21-9-10-22-8-6-16-14(15-2)17-11-13-19-18-12-20(13)3;/h12H,4-11H2,1-3H3,(H2,15,16,17);1H. The number of aromatic nitrogens is 3. The summed E-state index contributed by atoms with van der Waals surface area (Å²) in [5.74, 6) is 1.56. The first-order valence-electron chi connectivity index (χ1n) is 7.70. The summed E-state index contributed by atoms with van der Waals surface area (Å²) in [4.78, 5) is 4.14. The lowest BCUT2D eigenvalue weighted by Gasteiger charge is -2.11. The van der Waals surface area contributed by atoms with E-state index in [1.807, 2.05) is 11.6 Å². The van der Waals surface area contributed by atoms with E-state index in [0.717, 1.165) is 25.3 Å². The van der Waals surface area contributed by atoms with E-state index >= 15 is 0 Å². The Morgan fingerprint density at radius 2 is 1.96 bits per heavy atom. The van der Waals surface area contributed by atoms with Crippen LogP contribution >= 0.6 is 24.0 Å². The van der Waals surface area contributed by atoms with Crippen molar-refractivity contribution in [3.63, 3.8) is 0 Å². The van der Waals surface area contributed by atoms with E-state index in [0.29, 0.717) is 38.9 Å². The smallest absolute Gasteiger partial charge is 0.191 e. The van der Waals surface area contributed by atoms with E-state index in [9.17, 15) is 0 Å². The number of guanidine groups is 1. The zero-order chi connectivity index (χ0) is 16.0. The van der Waals surface area contributed by atoms with Crippen molar-refractivity contribution in [1.29, 1.82) is 0 Å². The second kappa shape index (κ2) is 14.6. The van der Waals surface area contributed by atoms with Gasteiger partial charge in [0.15, 0.2) is 11.8 Å². The van der Waals surface area contributed by atoms with Crippen molar-refractivity contribution in [2.24, 2.45) is 12.0 Å². The number of nitrogens with one attached hydrogen (secondary N) is 2. The summed E-state index contributed by atoms with van der Waals surface area (Å²) in [7, 11) is 3.64. The summed E-state index contributed by atoms with van der Waals surface area (Å²) in [6, 6.07) is 0. The lowest BCUT2D eigenvalue weighted by molar-refractivity contribution is 0.0487. The van der Waals surface area contributed by atoms with E-state index in [2.05, 4.69) is 32.7 Å². The molecule has 0 bridgehead atoms. The highest BCUT2D eigenvalue weighted by Gasteiger charge is 2.02. The molecule has 23 heavy (non-hydrogen) atoms. The fourth-order valence-electron chi connectivity index (χ4n) is 1.66. The van der Waals surface area contributed by atoms with Gasteiger partial charge in [0.05, 0.1) is 26.4 Å². The van der Waals surface area contributed by atoms with E-state index in [4.69, 9.17) is 9.47 Å². The number of halogens is 1. The summed E-state index contributed by atoms with van der Waals surface area (Å²) in [6.45, 7) is 6.11. The number of ether oxygens (including phenoxy) is 2. The fraction of sp³-hybridized carbons (Fsp3) is 0.786. The van der Waals surface area contributed by atoms with E-state index in [-0.39, 0.29) is 24.0 Å². The van der Waals surface area contributed by atoms with Crippen molar-refractivity contribution in [3.05, 3.63) is 12.2 Å². The Morgan fingerprint density at radius 3 is 2.57 bits per heavy atom. The Labute approximate surface area is 155 Å². The molecule has 0 spiro atoms. The molecule has 0 aliphatic rings. The van der Waals surface area contributed by atoms with Crippen molar-refractivity contribution < 1.29 is 9.47 Å². The van der Waals surface area contributed by atoms with Crippen molar-refractivity contribution in [2.45, 2.75) is 26.3 Å². The summed E-state index contributed by atoms with van der Waals surface area (Å²) >= 11 is 0. The van der Waals surface area contributed by atoms with Crippen molar-refractivity contribution in [1.82, 2.24) is 25.4 Å². The van der Waals surface area contributed by atoms with Crippen LogP contribution in [0.3, 0.4) is 0 Å². The predicted molar refractivity (Wildman–Crippen MR) is 101 cm³/mol. The zero-order valence-electron chi connectivity index (χ0n) is 14.2. The third-order valence-electron chi connectivity index (χ3n) is 3.00. The SMILES string of the molecule is CCCCOCCOCCNC(=NC)NCc1nncn1C.I. The second-order valence-electron chi connectivity index (χ2n) is 4.79. The van der Waals surface area contributed by atoms with Gasteiger partial charge in [-0.05, 0) is 6.42 Å². The number of rotatable bonds is 11. The van der Waals surface area contributed by atoms with Crippen LogP contribution in [0.5, 0.6) is 0 Å². The van der Waals surface area contributed by atoms with Crippen molar-refractivity contribution in [2.75, 3.05) is 40.0 Å². The molecule has 0 aromatic carbocycles. The van der Waals surface area contributed by atoms with Gasteiger partial charge in [0.2, 0.25) is 0 Å². The first-order valence-corrected chi connectivity index (χ1v) is 7.70. The van der Waals surface area contributed by atoms with Crippen LogP contribution in [0.2, 0.25) is 0 Å². The first kappa shape index (κ1) is 22.1. The highest BCUT2D eigenvalue weighted by atomic mass is 127. The minimum absolute atomic E-state index is 0. The minimum Gasteiger partial charge on any atom is -0.379 e. The van der Waals surface area contributed by atoms with Crippen LogP contribution < -0.4 is 10.6 Å². The first-order chi connectivity index (χ1) is 10.8. The van der Waals surface area contributed by atoms with Gasteiger partial charge in [-0.25, -0.2) is 0 Å². The Kier molecular flexibility index (Phi) is 14.0. The average Bonchev–Trinajstić information content (AvgIpc) is 2.94. The van der Waals surface area contributed by atoms with Gasteiger partial charge >= 0.3 is 0 Å². The van der Waals surface area contributed by atoms with Gasteiger partial charge in [-0.3, -0.25) is 4.99 Å². The number of nitrogens with zero attached hydrogens (tertiary/aromatic N) is 4. The molecule has 0 atom stereocenters. The predicted octanol–water partition coefficient (Wildman–Crippen LogP) is 0.931. The molecule has 0 saturated heterocycles. The summed E-state index contributed by atoms with van der Waals surface area (Å²) in [5, 5.41) is 14.2. The van der Waals surface area contributed by atoms with Gasteiger partial charge in [-0.2, -0.15) is 0 Å². The number of aliphatic imine (C=N–C) groups is 1. The van der Waals surface area contributed by atoms with Gasteiger partial charge in [0.25, 0.3) is 0 Å². The lowest BCUT2D eigenvalue weighted by atomic mass is 10.4. The van der Waals surface area contributed by atoms with Gasteiger partial charge in [0, 0.05) is 27.2 Å². The van der Waals surface area contributed by atoms with E-state index in [1.165, 1.54) is 0 Å². The molecule has 0 unspecified atom stereocenters. The normalized spacial score (nSPS) is 11.2. The molecule has 1 heterocycles. The van der Waals surface area contributed by atoms with Crippen LogP contribution in [-0.4, -0.2) is 60.7 Å². The van der Waals surface area contributed by atoms with Crippen molar-refractivity contribution >= 4 is 29.9 Å². The van der Waals surface area contributed by atoms with E-state index < -0.39 is 0 Å². The molecule has 0 amide bonds. The fourth-order valence-corrected chi connectivity index (χ4v) is 1.66. The highest BCUT2D eigenvalue weighted by Crippen LogP contribution is 1.90. The topological polar surface area (TPSA) is 85.6 Å². The maximum Gasteiger partial charge on any atom is 0.191 e. The molecule has 0 radical (unpaired) electrons. The Bertz CT molecular complexity index is 427. The zero-order valence-corrected chi connectivity index (χ0v) is 16.6. The number of aryl methyl sites for hydroxylation is 1. The molecule has 0 aliphatic heterocycles. The molecular weight excluding hydrogens is 411 g/mol. The highest BCUT2D eigenvalue weighted by molar-refractivity contribution is 14.0. The van der Waals surface area contributed by atoms with Crippen LogP contribution in [0.15, 0.2) is 11.3 Å². The molecule has 0 saturated carbocycles. The Morgan fingerprint density at radius 1 is 1.22 bits per heavy atom. The molecule has 134 valence electrons. The average molecular weight is 440 g/mol. The molecule has 1 rings (SSSR count). The largest absolute Gasteiger partial charge is 0.379 e. The number of hydrogen-bond acceptors (Lipinski definition) is 5. The Balaban J connectivity index is 0.00000484. The lowest BCUT2D eigenvalue weighted by Crippen LogP contribution is -2.39. The maximum absolute atomic E-state index is 5.48.